The normalized spacial score (nSPS) is 21.7. The lowest BCUT2D eigenvalue weighted by atomic mass is 10.0. The number of hydrogen-bond donors (Lipinski definition) is 1. The Morgan fingerprint density at radius 2 is 2.19 bits per heavy atom. The predicted molar refractivity (Wildman–Crippen MR) is 84.2 cm³/mol. The van der Waals surface area contributed by atoms with Crippen molar-refractivity contribution in [3.05, 3.63) is 24.3 Å². The maximum atomic E-state index is 4.81. The van der Waals surface area contributed by atoms with E-state index in [4.69, 9.17) is 4.98 Å². The highest BCUT2D eigenvalue weighted by Crippen LogP contribution is 2.39. The fourth-order valence-corrected chi connectivity index (χ4v) is 3.16. The Morgan fingerprint density at radius 3 is 2.81 bits per heavy atom. The van der Waals surface area contributed by atoms with E-state index in [9.17, 15) is 0 Å². The van der Waals surface area contributed by atoms with E-state index in [2.05, 4.69) is 22.3 Å². The van der Waals surface area contributed by atoms with Crippen molar-refractivity contribution in [2.45, 2.75) is 38.5 Å². The molecular formula is C16H23N5. The van der Waals surface area contributed by atoms with Gasteiger partial charge in [-0.1, -0.05) is 13.3 Å². The fourth-order valence-electron chi connectivity index (χ4n) is 3.16. The lowest BCUT2D eigenvalue weighted by molar-refractivity contribution is 0.517. The van der Waals surface area contributed by atoms with E-state index in [1.165, 1.54) is 25.7 Å². The van der Waals surface area contributed by atoms with Gasteiger partial charge in [-0.25, -0.2) is 9.97 Å². The first kappa shape index (κ1) is 14.0. The van der Waals surface area contributed by atoms with E-state index in [-0.39, 0.29) is 0 Å². The van der Waals surface area contributed by atoms with E-state index in [0.29, 0.717) is 5.92 Å². The third kappa shape index (κ3) is 2.91. The molecule has 0 radical (unpaired) electrons. The van der Waals surface area contributed by atoms with E-state index >= 15 is 0 Å². The highest BCUT2D eigenvalue weighted by Gasteiger charge is 2.27. The molecule has 0 bridgehead atoms. The van der Waals surface area contributed by atoms with Gasteiger partial charge in [-0.05, 0) is 25.2 Å². The Bertz CT molecular complexity index is 619. The van der Waals surface area contributed by atoms with E-state index in [0.717, 1.165) is 28.8 Å². The molecule has 2 aromatic heterocycles. The summed E-state index contributed by atoms with van der Waals surface area (Å²) >= 11 is 0. The molecule has 0 saturated heterocycles. The van der Waals surface area contributed by atoms with Crippen LogP contribution in [0.1, 0.15) is 44.3 Å². The molecule has 2 aromatic rings. The number of nitrogens with zero attached hydrogens (tertiary/aromatic N) is 4. The van der Waals surface area contributed by atoms with Crippen molar-refractivity contribution in [3.8, 4) is 11.3 Å². The molecule has 2 unspecified atom stereocenters. The van der Waals surface area contributed by atoms with Gasteiger partial charge in [0.05, 0.1) is 11.9 Å². The van der Waals surface area contributed by atoms with Crippen LogP contribution in [-0.2, 0) is 7.05 Å². The Balaban J connectivity index is 1.94. The van der Waals surface area contributed by atoms with Gasteiger partial charge in [0.25, 0.3) is 0 Å². The highest BCUT2D eigenvalue weighted by molar-refractivity contribution is 5.61. The Kier molecular flexibility index (Phi) is 3.90. The second kappa shape index (κ2) is 5.84. The third-order valence-electron chi connectivity index (χ3n) is 4.48. The second-order valence-corrected chi connectivity index (χ2v) is 5.93. The van der Waals surface area contributed by atoms with Gasteiger partial charge in [0.2, 0.25) is 0 Å². The maximum absolute atomic E-state index is 4.81. The number of nitrogens with one attached hydrogen (secondary N) is 1. The molecule has 1 saturated carbocycles. The standard InChI is InChI=1S/C16H23N5/c1-4-11-5-6-12(7-11)16-19-14(8-15(17-2)20-16)13-9-18-21(3)10-13/h8-12H,4-7H2,1-3H3,(H,17,19,20). The van der Waals surface area contributed by atoms with E-state index in [1.807, 2.05) is 32.6 Å². The average molecular weight is 285 g/mol. The zero-order valence-electron chi connectivity index (χ0n) is 13.0. The van der Waals surface area contributed by atoms with Crippen molar-refractivity contribution in [3.63, 3.8) is 0 Å². The van der Waals surface area contributed by atoms with Gasteiger partial charge < -0.3 is 5.32 Å². The van der Waals surface area contributed by atoms with Crippen LogP contribution in [0.5, 0.6) is 0 Å². The summed E-state index contributed by atoms with van der Waals surface area (Å²) in [5.41, 5.74) is 2.00. The molecule has 5 heteroatoms. The van der Waals surface area contributed by atoms with Gasteiger partial charge in [0.15, 0.2) is 0 Å². The largest absolute Gasteiger partial charge is 0.373 e. The minimum Gasteiger partial charge on any atom is -0.373 e. The number of rotatable bonds is 4. The van der Waals surface area contributed by atoms with Crippen LogP contribution >= 0.6 is 0 Å². The number of aryl methyl sites for hydroxylation is 1. The average Bonchev–Trinajstić information content (AvgIpc) is 3.15. The molecular weight excluding hydrogens is 262 g/mol. The molecule has 1 fully saturated rings. The van der Waals surface area contributed by atoms with Gasteiger partial charge in [-0.2, -0.15) is 5.10 Å². The molecule has 2 heterocycles. The molecule has 5 nitrogen and oxygen atoms in total. The monoisotopic (exact) mass is 285 g/mol. The molecule has 2 atom stereocenters. The van der Waals surface area contributed by atoms with Gasteiger partial charge in [0, 0.05) is 37.8 Å². The van der Waals surface area contributed by atoms with Gasteiger partial charge in [-0.15, -0.1) is 0 Å². The zero-order valence-corrected chi connectivity index (χ0v) is 13.0. The summed E-state index contributed by atoms with van der Waals surface area (Å²) in [6, 6.07) is 1.99. The molecule has 1 N–H and O–H groups in total. The van der Waals surface area contributed by atoms with E-state index in [1.54, 1.807) is 4.68 Å². The van der Waals surface area contributed by atoms with Crippen LogP contribution in [0.3, 0.4) is 0 Å². The Morgan fingerprint density at radius 1 is 1.33 bits per heavy atom. The summed E-state index contributed by atoms with van der Waals surface area (Å²) in [6.07, 6.45) is 8.84. The second-order valence-electron chi connectivity index (χ2n) is 5.93. The minimum absolute atomic E-state index is 0.499. The fraction of sp³-hybridized carbons (Fsp3) is 0.562. The van der Waals surface area contributed by atoms with Crippen molar-refractivity contribution in [2.24, 2.45) is 13.0 Å². The number of aromatic nitrogens is 4. The van der Waals surface area contributed by atoms with Crippen LogP contribution in [0.15, 0.2) is 18.5 Å². The van der Waals surface area contributed by atoms with Crippen molar-refractivity contribution in [2.75, 3.05) is 12.4 Å². The summed E-state index contributed by atoms with van der Waals surface area (Å²) in [7, 11) is 3.83. The van der Waals surface area contributed by atoms with Crippen LogP contribution in [0.2, 0.25) is 0 Å². The van der Waals surface area contributed by atoms with Crippen molar-refractivity contribution in [1.29, 1.82) is 0 Å². The SMILES string of the molecule is CCC1CCC(c2nc(NC)cc(-c3cnn(C)c3)n2)C1. The first-order valence-electron chi connectivity index (χ1n) is 7.75. The van der Waals surface area contributed by atoms with Crippen LogP contribution in [-0.4, -0.2) is 26.8 Å². The summed E-state index contributed by atoms with van der Waals surface area (Å²) < 4.78 is 1.80. The van der Waals surface area contributed by atoms with Crippen molar-refractivity contribution < 1.29 is 0 Å². The summed E-state index contributed by atoms with van der Waals surface area (Å²) in [6.45, 7) is 2.28. The minimum atomic E-state index is 0.499. The summed E-state index contributed by atoms with van der Waals surface area (Å²) in [5, 5.41) is 7.39. The molecule has 1 aliphatic rings. The van der Waals surface area contributed by atoms with Gasteiger partial charge in [-0.3, -0.25) is 4.68 Å². The van der Waals surface area contributed by atoms with E-state index < -0.39 is 0 Å². The first-order chi connectivity index (χ1) is 10.2. The maximum Gasteiger partial charge on any atom is 0.134 e. The first-order valence-corrected chi connectivity index (χ1v) is 7.75. The van der Waals surface area contributed by atoms with Crippen molar-refractivity contribution in [1.82, 2.24) is 19.7 Å². The summed E-state index contributed by atoms with van der Waals surface area (Å²) in [4.78, 5) is 9.50. The van der Waals surface area contributed by atoms with Crippen LogP contribution in [0.25, 0.3) is 11.3 Å². The smallest absolute Gasteiger partial charge is 0.134 e. The topological polar surface area (TPSA) is 55.6 Å². The molecule has 3 rings (SSSR count). The van der Waals surface area contributed by atoms with Crippen molar-refractivity contribution >= 4 is 5.82 Å². The number of hydrogen-bond acceptors (Lipinski definition) is 4. The highest BCUT2D eigenvalue weighted by atomic mass is 15.2. The lowest BCUT2D eigenvalue weighted by Crippen LogP contribution is -2.05. The van der Waals surface area contributed by atoms with Crippen LogP contribution in [0, 0.1) is 5.92 Å². The van der Waals surface area contributed by atoms with Gasteiger partial charge >= 0.3 is 0 Å². The molecule has 0 amide bonds. The van der Waals surface area contributed by atoms with Crippen LogP contribution in [0.4, 0.5) is 5.82 Å². The third-order valence-corrected chi connectivity index (χ3v) is 4.48. The predicted octanol–water partition coefficient (Wildman–Crippen LogP) is 3.21. The molecule has 0 spiro atoms. The quantitative estimate of drug-likeness (QED) is 0.937. The Hall–Kier alpha value is -1.91. The van der Waals surface area contributed by atoms with Gasteiger partial charge in [0.1, 0.15) is 11.6 Å². The molecule has 1 aliphatic carbocycles. The Labute approximate surface area is 125 Å². The molecule has 0 aromatic carbocycles. The zero-order chi connectivity index (χ0) is 14.8. The summed E-state index contributed by atoms with van der Waals surface area (Å²) in [5.74, 6) is 3.20. The lowest BCUT2D eigenvalue weighted by Gasteiger charge is -2.12. The van der Waals surface area contributed by atoms with Crippen LogP contribution < -0.4 is 5.32 Å². The molecule has 112 valence electrons. The molecule has 21 heavy (non-hydrogen) atoms. The molecule has 0 aliphatic heterocycles. The number of anilines is 1.